The zero-order valence-electron chi connectivity index (χ0n) is 16.6. The minimum Gasteiger partial charge on any atom is -0.489 e. The average molecular weight is 388 g/mol. The largest absolute Gasteiger partial charge is 0.489 e. The van der Waals surface area contributed by atoms with Crippen LogP contribution in [0.15, 0.2) is 54.6 Å². The summed E-state index contributed by atoms with van der Waals surface area (Å²) in [6.45, 7) is 4.50. The van der Waals surface area contributed by atoms with Crippen LogP contribution in [-0.2, 0) is 20.2 Å². The van der Waals surface area contributed by atoms with Gasteiger partial charge in [-0.2, -0.15) is 0 Å². The minimum atomic E-state index is -3.24. The molecule has 4 nitrogen and oxygen atoms in total. The van der Waals surface area contributed by atoms with E-state index < -0.39 is 12.8 Å². The van der Waals surface area contributed by atoms with Gasteiger partial charge in [-0.05, 0) is 55.9 Å². The van der Waals surface area contributed by atoms with Crippen LogP contribution < -0.4 is 4.74 Å². The first-order valence-corrected chi connectivity index (χ1v) is 10.9. The molecule has 0 aromatic heterocycles. The van der Waals surface area contributed by atoms with E-state index in [9.17, 15) is 4.57 Å². The summed E-state index contributed by atoms with van der Waals surface area (Å²) in [5.74, 6) is 1.40. The van der Waals surface area contributed by atoms with Crippen molar-refractivity contribution in [3.05, 3.63) is 65.7 Å². The molecule has 2 aromatic carbocycles. The van der Waals surface area contributed by atoms with Crippen molar-refractivity contribution in [2.24, 2.45) is 5.92 Å². The molecule has 27 heavy (non-hydrogen) atoms. The summed E-state index contributed by atoms with van der Waals surface area (Å²) in [6, 6.07) is 18.2. The molecule has 0 saturated heterocycles. The van der Waals surface area contributed by atoms with Gasteiger partial charge in [0.15, 0.2) is 0 Å². The fraction of sp³-hybridized carbons (Fsp3) is 0.455. The molecule has 1 aliphatic rings. The predicted octanol–water partition coefficient (Wildman–Crippen LogP) is 6.02. The van der Waals surface area contributed by atoms with Crippen LogP contribution in [0.4, 0.5) is 0 Å². The molecule has 1 fully saturated rings. The molecule has 0 aliphatic heterocycles. The highest BCUT2D eigenvalue weighted by Crippen LogP contribution is 2.67. The van der Waals surface area contributed by atoms with Gasteiger partial charge in [-0.1, -0.05) is 42.5 Å². The second-order valence-corrected chi connectivity index (χ2v) is 10.6. The molecule has 5 heteroatoms. The van der Waals surface area contributed by atoms with Crippen LogP contribution in [0.1, 0.15) is 43.7 Å². The minimum absolute atomic E-state index is 0.0866. The van der Waals surface area contributed by atoms with E-state index in [0.717, 1.165) is 29.7 Å². The molecular weight excluding hydrogens is 359 g/mol. The maximum atomic E-state index is 13.2. The normalized spacial score (nSPS) is 16.1. The van der Waals surface area contributed by atoms with Crippen molar-refractivity contribution in [3.8, 4) is 5.75 Å². The van der Waals surface area contributed by atoms with Crippen LogP contribution in [0.5, 0.6) is 5.75 Å². The van der Waals surface area contributed by atoms with Crippen LogP contribution in [-0.4, -0.2) is 19.4 Å². The lowest BCUT2D eigenvalue weighted by Gasteiger charge is -2.38. The van der Waals surface area contributed by atoms with Crippen LogP contribution >= 0.6 is 7.60 Å². The van der Waals surface area contributed by atoms with E-state index in [0.29, 0.717) is 12.5 Å². The summed E-state index contributed by atoms with van der Waals surface area (Å²) < 4.78 is 30.0. The molecule has 1 saturated carbocycles. The Morgan fingerprint density at radius 1 is 1.04 bits per heavy atom. The molecule has 1 atom stereocenters. The molecular formula is C22H29O4P. The Balaban J connectivity index is 1.85. The third-order valence-electron chi connectivity index (χ3n) is 5.51. The quantitative estimate of drug-likeness (QED) is 0.493. The molecule has 0 N–H and O–H groups in total. The fourth-order valence-corrected chi connectivity index (χ4v) is 5.73. The Hall–Kier alpha value is -1.61. The number of hydrogen-bond acceptors (Lipinski definition) is 4. The maximum absolute atomic E-state index is 13.2. The van der Waals surface area contributed by atoms with E-state index in [1.807, 2.05) is 56.3 Å². The van der Waals surface area contributed by atoms with Gasteiger partial charge >= 0.3 is 7.60 Å². The molecule has 3 rings (SSSR count). The van der Waals surface area contributed by atoms with Crippen molar-refractivity contribution < 1.29 is 18.3 Å². The van der Waals surface area contributed by atoms with E-state index >= 15 is 0 Å². The van der Waals surface area contributed by atoms with Gasteiger partial charge in [0.2, 0.25) is 0 Å². The topological polar surface area (TPSA) is 44.8 Å². The van der Waals surface area contributed by atoms with Crippen molar-refractivity contribution in [3.63, 3.8) is 0 Å². The zero-order valence-corrected chi connectivity index (χ0v) is 17.4. The second-order valence-electron chi connectivity index (χ2n) is 7.68. The summed E-state index contributed by atoms with van der Waals surface area (Å²) in [7, 11) is -0.303. The van der Waals surface area contributed by atoms with Crippen LogP contribution in [0, 0.1) is 5.92 Å². The zero-order chi connectivity index (χ0) is 19.5. The van der Waals surface area contributed by atoms with E-state index in [1.165, 1.54) is 14.2 Å². The standard InChI is InChI=1S/C22H29O4P/c1-22(2,27(23,24-3)25-4)21(18-13-14-18)19-11-8-12-20(15-19)26-16-17-9-6-5-7-10-17/h5-12,15,18,21H,13-14,16H2,1-4H3. The molecule has 0 heterocycles. The summed E-state index contributed by atoms with van der Waals surface area (Å²) in [6.07, 6.45) is 2.27. The molecule has 0 amide bonds. The van der Waals surface area contributed by atoms with Gasteiger partial charge in [0.25, 0.3) is 0 Å². The third kappa shape index (κ3) is 4.29. The highest BCUT2D eigenvalue weighted by molar-refractivity contribution is 7.55. The monoisotopic (exact) mass is 388 g/mol. The summed E-state index contributed by atoms with van der Waals surface area (Å²) in [4.78, 5) is 0. The van der Waals surface area contributed by atoms with Gasteiger partial charge in [0, 0.05) is 20.1 Å². The molecule has 146 valence electrons. The van der Waals surface area contributed by atoms with Crippen molar-refractivity contribution in [1.29, 1.82) is 0 Å². The van der Waals surface area contributed by atoms with Gasteiger partial charge in [0.1, 0.15) is 12.4 Å². The van der Waals surface area contributed by atoms with Gasteiger partial charge in [-0.3, -0.25) is 4.57 Å². The van der Waals surface area contributed by atoms with E-state index in [2.05, 4.69) is 12.1 Å². The molecule has 0 bridgehead atoms. The van der Waals surface area contributed by atoms with Gasteiger partial charge < -0.3 is 13.8 Å². The first-order valence-electron chi connectivity index (χ1n) is 9.39. The van der Waals surface area contributed by atoms with Gasteiger partial charge in [-0.15, -0.1) is 0 Å². The fourth-order valence-electron chi connectivity index (χ4n) is 3.94. The molecule has 0 spiro atoms. The molecule has 0 radical (unpaired) electrons. The highest BCUT2D eigenvalue weighted by Gasteiger charge is 2.53. The smallest absolute Gasteiger partial charge is 0.336 e. The average Bonchev–Trinajstić information content (AvgIpc) is 3.51. The summed E-state index contributed by atoms with van der Waals surface area (Å²) >= 11 is 0. The lowest BCUT2D eigenvalue weighted by atomic mass is 9.83. The number of benzene rings is 2. The van der Waals surface area contributed by atoms with Crippen molar-refractivity contribution in [1.82, 2.24) is 0 Å². The van der Waals surface area contributed by atoms with Gasteiger partial charge in [0.05, 0.1) is 5.16 Å². The summed E-state index contributed by atoms with van der Waals surface area (Å²) in [5.41, 5.74) is 2.26. The van der Waals surface area contributed by atoms with Crippen LogP contribution in [0.3, 0.4) is 0 Å². The third-order valence-corrected chi connectivity index (χ3v) is 8.16. The number of rotatable bonds is 9. The molecule has 1 unspecified atom stereocenters. The maximum Gasteiger partial charge on any atom is 0.336 e. The summed E-state index contributed by atoms with van der Waals surface area (Å²) in [5, 5.41) is -0.629. The van der Waals surface area contributed by atoms with Crippen molar-refractivity contribution in [2.75, 3.05) is 14.2 Å². The van der Waals surface area contributed by atoms with Crippen LogP contribution in [0.25, 0.3) is 0 Å². The Kier molecular flexibility index (Phi) is 6.10. The number of ether oxygens (including phenoxy) is 1. The number of hydrogen-bond donors (Lipinski definition) is 0. The molecule has 1 aliphatic carbocycles. The van der Waals surface area contributed by atoms with Crippen molar-refractivity contribution >= 4 is 7.60 Å². The SMILES string of the molecule is COP(=O)(OC)C(C)(C)C(c1cccc(OCc2ccccc2)c1)C1CC1. The molecule has 2 aromatic rings. The van der Waals surface area contributed by atoms with E-state index in [4.69, 9.17) is 13.8 Å². The Morgan fingerprint density at radius 3 is 2.30 bits per heavy atom. The predicted molar refractivity (Wildman–Crippen MR) is 108 cm³/mol. The second kappa shape index (κ2) is 8.18. The Bertz CT molecular complexity index is 791. The van der Waals surface area contributed by atoms with E-state index in [-0.39, 0.29) is 5.92 Å². The lowest BCUT2D eigenvalue weighted by Crippen LogP contribution is -2.32. The van der Waals surface area contributed by atoms with Gasteiger partial charge in [-0.25, -0.2) is 0 Å². The van der Waals surface area contributed by atoms with Crippen LogP contribution in [0.2, 0.25) is 0 Å². The first kappa shape index (κ1) is 20.1. The Morgan fingerprint density at radius 2 is 1.70 bits per heavy atom. The van der Waals surface area contributed by atoms with Crippen molar-refractivity contribution in [2.45, 2.75) is 44.4 Å². The Labute approximate surface area is 162 Å². The highest BCUT2D eigenvalue weighted by atomic mass is 31.2. The van der Waals surface area contributed by atoms with E-state index in [1.54, 1.807) is 0 Å². The lowest BCUT2D eigenvalue weighted by molar-refractivity contribution is 0.237. The first-order chi connectivity index (χ1) is 12.9.